The van der Waals surface area contributed by atoms with Crippen LogP contribution < -0.4 is 11.1 Å². The number of likely N-dealkylation sites (N-methyl/N-ethyl adjacent to an activating group) is 1. The maximum Gasteiger partial charge on any atom is 0.255 e. The molecule has 2 amide bonds. The lowest BCUT2D eigenvalue weighted by molar-refractivity contribution is -0.148. The topological polar surface area (TPSA) is 190 Å². The van der Waals surface area contributed by atoms with E-state index in [1.54, 1.807) is 20.2 Å². The second-order valence-electron chi connectivity index (χ2n) is 14.6. The lowest BCUT2D eigenvalue weighted by Crippen LogP contribution is -2.63. The van der Waals surface area contributed by atoms with Crippen LogP contribution in [0.3, 0.4) is 0 Å². The molecule has 11 heteroatoms. The van der Waals surface area contributed by atoms with Gasteiger partial charge >= 0.3 is 0 Å². The summed E-state index contributed by atoms with van der Waals surface area (Å²) in [7, 11) is 3.18. The van der Waals surface area contributed by atoms with Crippen LogP contribution in [0.25, 0.3) is 11.1 Å². The number of rotatable bonds is 6. The molecular formula is C36H41N3O8. The second kappa shape index (κ2) is 11.1. The monoisotopic (exact) mass is 643 g/mol. The minimum Gasteiger partial charge on any atom is -0.510 e. The van der Waals surface area contributed by atoms with E-state index >= 15 is 0 Å². The number of fused-ring (bicyclic) bond motifs is 3. The molecule has 4 atom stereocenters. The average molecular weight is 644 g/mol. The number of carbonyl (C=O) groups excluding carboxylic acids is 4. The van der Waals surface area contributed by atoms with E-state index in [1.165, 1.54) is 4.90 Å². The van der Waals surface area contributed by atoms with E-state index in [1.807, 2.05) is 24.3 Å². The van der Waals surface area contributed by atoms with Crippen molar-refractivity contribution < 1.29 is 39.6 Å². The van der Waals surface area contributed by atoms with Crippen LogP contribution >= 0.6 is 0 Å². The summed E-state index contributed by atoms with van der Waals surface area (Å²) < 4.78 is 0. The standard InChI is InChI=1S/C36H41N3O8/c1-35(2,3)20-10-8-16(9-11-20)21-13-19(15-38-34(46)17-6-7-17)28(40)25-22(21)12-18-14-23-27(39(4)5)30(42)26(33(37)45)32(44)36(23,47)31(43)24(18)29(25)41/h8-11,13,17-18,23,27,40,42-43,47H,6-7,12,14-15H2,1-5H3,(H2,37,45)(H,38,46). The zero-order valence-corrected chi connectivity index (χ0v) is 27.2. The smallest absolute Gasteiger partial charge is 0.255 e. The van der Waals surface area contributed by atoms with Crippen molar-refractivity contribution in [1.29, 1.82) is 0 Å². The summed E-state index contributed by atoms with van der Waals surface area (Å²) in [5.74, 6) is -7.25. The number of aromatic hydroxyl groups is 1. The van der Waals surface area contributed by atoms with E-state index in [0.717, 1.165) is 24.0 Å². The SMILES string of the molecule is CN(C)C1C(O)=C(C(N)=O)C(=O)C2(O)C(O)=C3C(=O)c4c(O)c(CNC(=O)C5CC5)cc(-c5ccc(C(C)(C)C)cc5)c4CC3CC12. The Bertz CT molecular complexity index is 1800. The van der Waals surface area contributed by atoms with Crippen molar-refractivity contribution in [2.75, 3.05) is 14.1 Å². The van der Waals surface area contributed by atoms with Gasteiger partial charge in [0.25, 0.3) is 5.91 Å². The van der Waals surface area contributed by atoms with E-state index in [-0.39, 0.29) is 53.5 Å². The van der Waals surface area contributed by atoms with E-state index < -0.39 is 58.0 Å². The van der Waals surface area contributed by atoms with Gasteiger partial charge in [0.2, 0.25) is 11.7 Å². The van der Waals surface area contributed by atoms with Crippen molar-refractivity contribution in [3.8, 4) is 16.9 Å². The van der Waals surface area contributed by atoms with Crippen LogP contribution in [-0.2, 0) is 32.8 Å². The molecule has 0 heterocycles. The molecular weight excluding hydrogens is 602 g/mol. The predicted molar refractivity (Wildman–Crippen MR) is 172 cm³/mol. The molecule has 2 aromatic rings. The largest absolute Gasteiger partial charge is 0.510 e. The summed E-state index contributed by atoms with van der Waals surface area (Å²) in [5.41, 5.74) is 4.84. The van der Waals surface area contributed by atoms with Gasteiger partial charge in [-0.1, -0.05) is 45.0 Å². The first-order valence-corrected chi connectivity index (χ1v) is 15.9. The van der Waals surface area contributed by atoms with Crippen LogP contribution in [0, 0.1) is 17.8 Å². The maximum atomic E-state index is 14.4. The lowest BCUT2D eigenvalue weighted by atomic mass is 9.58. The number of Topliss-reactive ketones (excluding diaryl/α,β-unsaturated/α-hetero) is 2. The Labute approximate surface area is 272 Å². The Morgan fingerprint density at radius 2 is 1.70 bits per heavy atom. The molecule has 47 heavy (non-hydrogen) atoms. The molecule has 1 fully saturated rings. The van der Waals surface area contributed by atoms with Gasteiger partial charge in [-0.05, 0) is 79.4 Å². The molecule has 4 aliphatic rings. The summed E-state index contributed by atoms with van der Waals surface area (Å²) in [6, 6.07) is 8.61. The van der Waals surface area contributed by atoms with Crippen molar-refractivity contribution in [3.05, 3.63) is 75.3 Å². The Kier molecular flexibility index (Phi) is 7.64. The highest BCUT2D eigenvalue weighted by Crippen LogP contribution is 2.53. The number of phenolic OH excluding ortho intramolecular Hbond substituents is 1. The van der Waals surface area contributed by atoms with Crippen molar-refractivity contribution in [2.45, 2.75) is 70.1 Å². The molecule has 6 rings (SSSR count). The van der Waals surface area contributed by atoms with Gasteiger partial charge in [0.15, 0.2) is 11.4 Å². The molecule has 7 N–H and O–H groups in total. The molecule has 0 aromatic heterocycles. The fourth-order valence-corrected chi connectivity index (χ4v) is 7.59. The fourth-order valence-electron chi connectivity index (χ4n) is 7.59. The molecule has 248 valence electrons. The minimum absolute atomic E-state index is 0.00583. The Balaban J connectivity index is 1.53. The van der Waals surface area contributed by atoms with Gasteiger partial charge in [-0.15, -0.1) is 0 Å². The molecule has 4 unspecified atom stereocenters. The van der Waals surface area contributed by atoms with Gasteiger partial charge in [-0.3, -0.25) is 24.1 Å². The minimum atomic E-state index is -2.72. The average Bonchev–Trinajstić information content (AvgIpc) is 3.84. The zero-order valence-electron chi connectivity index (χ0n) is 27.2. The fraction of sp³-hybridized carbons (Fsp3) is 0.444. The first kappa shape index (κ1) is 32.5. The molecule has 4 aliphatic carbocycles. The molecule has 0 saturated heterocycles. The first-order chi connectivity index (χ1) is 22.0. The van der Waals surface area contributed by atoms with Crippen LogP contribution in [0.15, 0.2) is 53.0 Å². The van der Waals surface area contributed by atoms with Gasteiger partial charge in [-0.2, -0.15) is 0 Å². The highest BCUT2D eigenvalue weighted by Gasteiger charge is 2.63. The molecule has 11 nitrogen and oxygen atoms in total. The van der Waals surface area contributed by atoms with Crippen molar-refractivity contribution in [1.82, 2.24) is 10.2 Å². The molecule has 0 bridgehead atoms. The van der Waals surface area contributed by atoms with Crippen molar-refractivity contribution in [2.24, 2.45) is 23.5 Å². The predicted octanol–water partition coefficient (Wildman–Crippen LogP) is 3.11. The number of primary amides is 1. The van der Waals surface area contributed by atoms with Gasteiger partial charge in [0.05, 0.1) is 11.6 Å². The number of nitrogens with zero attached hydrogens (tertiary/aromatic N) is 1. The van der Waals surface area contributed by atoms with E-state index in [9.17, 15) is 39.6 Å². The van der Waals surface area contributed by atoms with E-state index in [2.05, 4.69) is 26.1 Å². The van der Waals surface area contributed by atoms with Crippen LogP contribution in [0.5, 0.6) is 5.75 Å². The zero-order chi connectivity index (χ0) is 34.3. The highest BCUT2D eigenvalue weighted by molar-refractivity contribution is 6.25. The Morgan fingerprint density at radius 1 is 1.06 bits per heavy atom. The number of phenols is 1. The van der Waals surface area contributed by atoms with Crippen molar-refractivity contribution >= 4 is 23.4 Å². The number of amides is 2. The number of allylic oxidation sites excluding steroid dienone is 1. The van der Waals surface area contributed by atoms with Crippen LogP contribution in [0.4, 0.5) is 0 Å². The molecule has 0 radical (unpaired) electrons. The number of aliphatic hydroxyl groups excluding tert-OH is 2. The Morgan fingerprint density at radius 3 is 2.26 bits per heavy atom. The molecule has 1 saturated carbocycles. The number of nitrogens with one attached hydrogen (secondary N) is 1. The third kappa shape index (κ3) is 5.03. The van der Waals surface area contributed by atoms with E-state index in [0.29, 0.717) is 16.7 Å². The lowest BCUT2D eigenvalue weighted by Gasteiger charge is -2.50. The van der Waals surface area contributed by atoms with Crippen LogP contribution in [0.1, 0.15) is 67.1 Å². The highest BCUT2D eigenvalue weighted by atomic mass is 16.3. The number of carbonyl (C=O) groups is 4. The summed E-state index contributed by atoms with van der Waals surface area (Å²) in [6.45, 7) is 6.27. The Hall–Kier alpha value is -4.48. The second-order valence-corrected chi connectivity index (χ2v) is 14.6. The normalized spacial score (nSPS) is 25.8. The summed E-state index contributed by atoms with van der Waals surface area (Å²) >= 11 is 0. The number of aliphatic hydroxyl groups is 3. The molecule has 2 aromatic carbocycles. The molecule has 0 aliphatic heterocycles. The number of hydrogen-bond donors (Lipinski definition) is 6. The van der Waals surface area contributed by atoms with Crippen LogP contribution in [-0.4, -0.2) is 74.4 Å². The van der Waals surface area contributed by atoms with Gasteiger partial charge in [-0.25, -0.2) is 0 Å². The summed E-state index contributed by atoms with van der Waals surface area (Å²) in [5, 5.41) is 49.1. The number of hydrogen-bond acceptors (Lipinski definition) is 9. The summed E-state index contributed by atoms with van der Waals surface area (Å²) in [4.78, 5) is 54.4. The van der Waals surface area contributed by atoms with E-state index in [4.69, 9.17) is 5.73 Å². The van der Waals surface area contributed by atoms with Gasteiger partial charge in [0, 0.05) is 29.5 Å². The number of nitrogens with two attached hydrogens (primary N) is 1. The van der Waals surface area contributed by atoms with Crippen LogP contribution in [0.2, 0.25) is 0 Å². The summed E-state index contributed by atoms with van der Waals surface area (Å²) in [6.07, 6.45) is 1.74. The third-order valence-corrected chi connectivity index (χ3v) is 10.3. The van der Waals surface area contributed by atoms with Gasteiger partial charge in [0.1, 0.15) is 22.8 Å². The quantitative estimate of drug-likeness (QED) is 0.257. The van der Waals surface area contributed by atoms with Crippen molar-refractivity contribution in [3.63, 3.8) is 0 Å². The first-order valence-electron chi connectivity index (χ1n) is 15.9. The third-order valence-electron chi connectivity index (χ3n) is 10.3. The number of ketones is 2. The molecule has 0 spiro atoms. The van der Waals surface area contributed by atoms with Gasteiger partial charge < -0.3 is 31.5 Å². The number of benzene rings is 2. The maximum absolute atomic E-state index is 14.4.